The number of aromatic nitrogens is 2. The molecule has 3 N–H and O–H groups in total. The lowest BCUT2D eigenvalue weighted by Gasteiger charge is -2.14. The zero-order valence-electron chi connectivity index (χ0n) is 18.4. The third-order valence-electron chi connectivity index (χ3n) is 5.14. The second-order valence-corrected chi connectivity index (χ2v) is 7.67. The molecule has 0 aliphatic rings. The first kappa shape index (κ1) is 23.1. The van der Waals surface area contributed by atoms with Crippen LogP contribution in [0.25, 0.3) is 22.4 Å². The second-order valence-electron chi connectivity index (χ2n) is 7.26. The van der Waals surface area contributed by atoms with E-state index in [2.05, 4.69) is 9.97 Å². The fraction of sp³-hybridized carbons (Fsp3) is 0.120. The second kappa shape index (κ2) is 9.84. The molecule has 7 nitrogen and oxygen atoms in total. The Labute approximate surface area is 200 Å². The smallest absolute Gasteiger partial charge is 0.220 e. The minimum Gasteiger partial charge on any atom is -0.507 e. The van der Waals surface area contributed by atoms with Gasteiger partial charge in [-0.25, -0.2) is 14.4 Å². The van der Waals surface area contributed by atoms with E-state index in [-0.39, 0.29) is 23.3 Å². The van der Waals surface area contributed by atoms with Gasteiger partial charge in [0, 0.05) is 29.0 Å². The molecule has 3 aromatic carbocycles. The molecule has 0 radical (unpaired) electrons. The van der Waals surface area contributed by atoms with Crippen molar-refractivity contribution in [2.24, 2.45) is 0 Å². The van der Waals surface area contributed by atoms with Crippen LogP contribution in [0.5, 0.6) is 23.0 Å². The highest BCUT2D eigenvalue weighted by atomic mass is 35.5. The summed E-state index contributed by atoms with van der Waals surface area (Å²) >= 11 is 6.05. The van der Waals surface area contributed by atoms with Crippen LogP contribution in [0.15, 0.2) is 60.8 Å². The molecule has 0 fully saturated rings. The topological polar surface area (TPSA) is 99.7 Å². The number of halogens is 2. The fourth-order valence-electron chi connectivity index (χ4n) is 3.42. The van der Waals surface area contributed by atoms with E-state index in [1.165, 1.54) is 18.2 Å². The Bertz CT molecular complexity index is 1350. The zero-order chi connectivity index (χ0) is 24.2. The number of phenols is 1. The summed E-state index contributed by atoms with van der Waals surface area (Å²) < 4.78 is 29.7. The highest BCUT2D eigenvalue weighted by molar-refractivity contribution is 6.31. The van der Waals surface area contributed by atoms with Crippen LogP contribution in [-0.4, -0.2) is 29.3 Å². The van der Waals surface area contributed by atoms with Gasteiger partial charge in [0.05, 0.1) is 24.9 Å². The molecule has 0 amide bonds. The van der Waals surface area contributed by atoms with Crippen LogP contribution in [0.4, 0.5) is 10.3 Å². The van der Waals surface area contributed by atoms with Crippen LogP contribution in [0.2, 0.25) is 5.02 Å². The van der Waals surface area contributed by atoms with Crippen LogP contribution < -0.4 is 19.9 Å². The molecule has 4 rings (SSSR count). The number of nitrogen functional groups attached to an aromatic ring is 1. The third-order valence-corrected chi connectivity index (χ3v) is 5.49. The van der Waals surface area contributed by atoms with Gasteiger partial charge in [-0.15, -0.1) is 0 Å². The first-order valence-electron chi connectivity index (χ1n) is 10.1. The maximum absolute atomic E-state index is 13.2. The molecule has 1 aromatic heterocycles. The maximum atomic E-state index is 13.2. The molecule has 0 unspecified atom stereocenters. The van der Waals surface area contributed by atoms with E-state index in [4.69, 9.17) is 31.5 Å². The largest absolute Gasteiger partial charge is 0.507 e. The van der Waals surface area contributed by atoms with Gasteiger partial charge < -0.3 is 25.1 Å². The van der Waals surface area contributed by atoms with E-state index in [0.717, 1.165) is 5.56 Å². The Hall–Kier alpha value is -4.04. The molecule has 4 aromatic rings. The van der Waals surface area contributed by atoms with Crippen LogP contribution >= 0.6 is 11.6 Å². The summed E-state index contributed by atoms with van der Waals surface area (Å²) in [6.07, 6.45) is 1.58. The Balaban J connectivity index is 1.66. The van der Waals surface area contributed by atoms with E-state index in [9.17, 15) is 9.50 Å². The highest BCUT2D eigenvalue weighted by Gasteiger charge is 2.17. The maximum Gasteiger partial charge on any atom is 0.220 e. The minimum atomic E-state index is -0.426. The number of nitrogens with two attached hydrogens (primary N) is 1. The number of anilines is 1. The number of methoxy groups -OCH3 is 2. The lowest BCUT2D eigenvalue weighted by atomic mass is 9.99. The first-order chi connectivity index (χ1) is 16.4. The molecule has 0 atom stereocenters. The van der Waals surface area contributed by atoms with Gasteiger partial charge in [-0.05, 0) is 42.0 Å². The number of benzene rings is 3. The quantitative estimate of drug-likeness (QED) is 0.360. The lowest BCUT2D eigenvalue weighted by Crippen LogP contribution is -2.00. The van der Waals surface area contributed by atoms with Crippen molar-refractivity contribution in [3.05, 3.63) is 77.2 Å². The van der Waals surface area contributed by atoms with Gasteiger partial charge in [0.1, 0.15) is 23.9 Å². The van der Waals surface area contributed by atoms with Gasteiger partial charge in [-0.1, -0.05) is 23.7 Å². The van der Waals surface area contributed by atoms with Crippen molar-refractivity contribution >= 4 is 17.5 Å². The Morgan fingerprint density at radius 1 is 0.971 bits per heavy atom. The molecule has 174 valence electrons. The predicted molar refractivity (Wildman–Crippen MR) is 128 cm³/mol. The monoisotopic (exact) mass is 481 g/mol. The molecule has 9 heteroatoms. The summed E-state index contributed by atoms with van der Waals surface area (Å²) in [7, 11) is 3.10. The highest BCUT2D eigenvalue weighted by Crippen LogP contribution is 2.40. The Kier molecular flexibility index (Phi) is 6.70. The van der Waals surface area contributed by atoms with Gasteiger partial charge in [0.15, 0.2) is 11.5 Å². The van der Waals surface area contributed by atoms with E-state index in [1.807, 2.05) is 6.07 Å². The van der Waals surface area contributed by atoms with Crippen molar-refractivity contribution in [3.63, 3.8) is 0 Å². The summed E-state index contributed by atoms with van der Waals surface area (Å²) in [4.78, 5) is 8.48. The Morgan fingerprint density at radius 2 is 1.76 bits per heavy atom. The van der Waals surface area contributed by atoms with Gasteiger partial charge in [-0.2, -0.15) is 0 Å². The normalized spacial score (nSPS) is 10.7. The van der Waals surface area contributed by atoms with Gasteiger partial charge in [-0.3, -0.25) is 0 Å². The molecule has 0 aliphatic carbocycles. The molecule has 34 heavy (non-hydrogen) atoms. The van der Waals surface area contributed by atoms with E-state index in [1.54, 1.807) is 50.7 Å². The van der Waals surface area contributed by atoms with Crippen molar-refractivity contribution in [2.45, 2.75) is 6.61 Å². The number of hydrogen-bond acceptors (Lipinski definition) is 7. The van der Waals surface area contributed by atoms with Crippen LogP contribution in [0.3, 0.4) is 0 Å². The van der Waals surface area contributed by atoms with E-state index >= 15 is 0 Å². The van der Waals surface area contributed by atoms with Crippen molar-refractivity contribution in [2.75, 3.05) is 20.0 Å². The van der Waals surface area contributed by atoms with Crippen LogP contribution in [0, 0.1) is 5.82 Å². The number of rotatable bonds is 7. The Morgan fingerprint density at radius 3 is 2.47 bits per heavy atom. The standard InChI is InChI=1S/C25H21ClFN3O4/c1-32-22-8-4-14(9-23(22)33-2)19-12-29-25(28)30-24(19)18-7-6-17(11-21(18)31)34-13-15-3-5-16(27)10-20(15)26/h3-12,31H,13H2,1-2H3,(H2,28,29,30). The number of ether oxygens (including phenoxy) is 3. The molecule has 0 aliphatic heterocycles. The van der Waals surface area contributed by atoms with E-state index < -0.39 is 5.82 Å². The summed E-state index contributed by atoms with van der Waals surface area (Å²) in [5.41, 5.74) is 8.72. The molecule has 0 bridgehead atoms. The summed E-state index contributed by atoms with van der Waals surface area (Å²) in [6.45, 7) is 0.106. The average molecular weight is 482 g/mol. The zero-order valence-corrected chi connectivity index (χ0v) is 19.1. The molecule has 1 heterocycles. The average Bonchev–Trinajstić information content (AvgIpc) is 2.83. The van der Waals surface area contributed by atoms with Crippen molar-refractivity contribution in [1.29, 1.82) is 0 Å². The predicted octanol–water partition coefficient (Wildman–Crippen LogP) is 5.49. The van der Waals surface area contributed by atoms with Crippen molar-refractivity contribution < 1.29 is 23.7 Å². The summed E-state index contributed by atoms with van der Waals surface area (Å²) in [5.74, 6) is 1.08. The van der Waals surface area contributed by atoms with Crippen molar-refractivity contribution in [1.82, 2.24) is 9.97 Å². The summed E-state index contributed by atoms with van der Waals surface area (Å²) in [6, 6.07) is 14.3. The third kappa shape index (κ3) is 4.82. The first-order valence-corrected chi connectivity index (χ1v) is 10.5. The molecular formula is C25H21ClFN3O4. The molecule has 0 saturated carbocycles. The minimum absolute atomic E-state index is 0.0601. The molecular weight excluding hydrogens is 461 g/mol. The number of aromatic hydroxyl groups is 1. The SMILES string of the molecule is COc1ccc(-c2cnc(N)nc2-c2ccc(OCc3ccc(F)cc3Cl)cc2O)cc1OC. The van der Waals surface area contributed by atoms with Gasteiger partial charge in [0.25, 0.3) is 0 Å². The lowest BCUT2D eigenvalue weighted by molar-refractivity contribution is 0.304. The van der Waals surface area contributed by atoms with Gasteiger partial charge in [0.2, 0.25) is 5.95 Å². The molecule has 0 saturated heterocycles. The fourth-order valence-corrected chi connectivity index (χ4v) is 3.64. The number of nitrogens with zero attached hydrogens (tertiary/aromatic N) is 2. The van der Waals surface area contributed by atoms with E-state index in [0.29, 0.717) is 39.6 Å². The van der Waals surface area contributed by atoms with Crippen LogP contribution in [0.1, 0.15) is 5.56 Å². The van der Waals surface area contributed by atoms with Gasteiger partial charge >= 0.3 is 0 Å². The summed E-state index contributed by atoms with van der Waals surface area (Å²) in [5, 5.41) is 11.0. The van der Waals surface area contributed by atoms with Crippen LogP contribution in [-0.2, 0) is 6.61 Å². The van der Waals surface area contributed by atoms with Crippen molar-refractivity contribution in [3.8, 4) is 45.4 Å². The molecule has 0 spiro atoms. The number of phenolic OH excluding ortho intramolecular Hbond substituents is 1. The number of hydrogen-bond donors (Lipinski definition) is 2.